The molecule has 2 aromatic rings. The predicted molar refractivity (Wildman–Crippen MR) is 101 cm³/mol. The number of urea groups is 1. The van der Waals surface area contributed by atoms with Crippen LogP contribution in [0.2, 0.25) is 0 Å². The van der Waals surface area contributed by atoms with Crippen molar-refractivity contribution in [2.24, 2.45) is 0 Å². The molecule has 1 fully saturated rings. The van der Waals surface area contributed by atoms with Crippen LogP contribution < -0.4 is 10.6 Å². The molecule has 7 nitrogen and oxygen atoms in total. The van der Waals surface area contributed by atoms with Crippen LogP contribution in [0.5, 0.6) is 0 Å². The molecular weight excluding hydrogens is 344 g/mol. The monoisotopic (exact) mass is 368 g/mol. The predicted octanol–water partition coefficient (Wildman–Crippen LogP) is 1.99. The van der Waals surface area contributed by atoms with Gasteiger partial charge in [-0.05, 0) is 48.9 Å². The summed E-state index contributed by atoms with van der Waals surface area (Å²) in [5, 5.41) is 6.26. The first-order valence-corrected chi connectivity index (χ1v) is 9.58. The number of nitrogens with one attached hydrogen (secondary N) is 3. The van der Waals surface area contributed by atoms with Crippen molar-refractivity contribution in [3.8, 4) is 0 Å². The fourth-order valence-electron chi connectivity index (χ4n) is 3.96. The average molecular weight is 368 g/mol. The maximum absolute atomic E-state index is 12.1. The maximum atomic E-state index is 12.1. The second-order valence-electron chi connectivity index (χ2n) is 7.36. The van der Waals surface area contributed by atoms with E-state index < -0.39 is 6.03 Å². The summed E-state index contributed by atoms with van der Waals surface area (Å²) in [6, 6.07) is 5.73. The Hall–Kier alpha value is -2.83. The molecule has 0 atom stereocenters. The molecule has 1 aliphatic heterocycles. The fourth-order valence-corrected chi connectivity index (χ4v) is 3.96. The number of aromatic nitrogens is 1. The lowest BCUT2D eigenvalue weighted by Gasteiger charge is -2.13. The van der Waals surface area contributed by atoms with Crippen LogP contribution in [0.3, 0.4) is 0 Å². The molecule has 0 saturated carbocycles. The number of aryl methyl sites for hydroxylation is 2. The highest BCUT2D eigenvalue weighted by atomic mass is 16.2. The van der Waals surface area contributed by atoms with Crippen molar-refractivity contribution < 1.29 is 14.4 Å². The summed E-state index contributed by atoms with van der Waals surface area (Å²) in [4.78, 5) is 39.6. The number of H-pyrrole nitrogens is 1. The SMILES string of the molecule is O=C(CN1CC(=O)NC1=O)NCc1ccc2[nH]c3c(c2c1)CCCCCC3. The largest absolute Gasteiger partial charge is 0.358 e. The van der Waals surface area contributed by atoms with Gasteiger partial charge < -0.3 is 15.2 Å². The van der Waals surface area contributed by atoms with Crippen LogP contribution in [0.15, 0.2) is 18.2 Å². The van der Waals surface area contributed by atoms with E-state index in [-0.39, 0.29) is 24.9 Å². The Bertz CT molecular complexity index is 902. The van der Waals surface area contributed by atoms with Gasteiger partial charge in [-0.3, -0.25) is 14.9 Å². The number of aromatic amines is 1. The van der Waals surface area contributed by atoms with Crippen molar-refractivity contribution in [3.63, 3.8) is 0 Å². The number of hydrogen-bond acceptors (Lipinski definition) is 3. The summed E-state index contributed by atoms with van der Waals surface area (Å²) in [6.07, 6.45) is 7.24. The first kappa shape index (κ1) is 17.6. The molecule has 4 amide bonds. The van der Waals surface area contributed by atoms with Crippen LogP contribution in [0.4, 0.5) is 4.79 Å². The second-order valence-corrected chi connectivity index (χ2v) is 7.36. The Morgan fingerprint density at radius 1 is 1.11 bits per heavy atom. The molecule has 142 valence electrons. The van der Waals surface area contributed by atoms with Crippen molar-refractivity contribution in [1.82, 2.24) is 20.5 Å². The van der Waals surface area contributed by atoms with E-state index >= 15 is 0 Å². The lowest BCUT2D eigenvalue weighted by molar-refractivity contribution is -0.122. The molecule has 27 heavy (non-hydrogen) atoms. The molecule has 0 spiro atoms. The zero-order chi connectivity index (χ0) is 18.8. The zero-order valence-electron chi connectivity index (χ0n) is 15.3. The van der Waals surface area contributed by atoms with E-state index in [0.717, 1.165) is 23.9 Å². The number of carbonyl (C=O) groups is 3. The summed E-state index contributed by atoms with van der Waals surface area (Å²) in [7, 11) is 0. The topological polar surface area (TPSA) is 94.3 Å². The van der Waals surface area contributed by atoms with E-state index in [9.17, 15) is 14.4 Å². The van der Waals surface area contributed by atoms with Crippen molar-refractivity contribution in [3.05, 3.63) is 35.0 Å². The van der Waals surface area contributed by atoms with E-state index in [1.54, 1.807) is 0 Å². The molecule has 3 N–H and O–H groups in total. The van der Waals surface area contributed by atoms with Crippen LogP contribution in [-0.4, -0.2) is 40.8 Å². The molecule has 2 heterocycles. The summed E-state index contributed by atoms with van der Waals surface area (Å²) >= 11 is 0. The highest BCUT2D eigenvalue weighted by molar-refractivity contribution is 6.03. The van der Waals surface area contributed by atoms with Crippen molar-refractivity contribution >= 4 is 28.7 Å². The molecule has 0 unspecified atom stereocenters. The molecule has 4 rings (SSSR count). The first-order chi connectivity index (χ1) is 13.1. The van der Waals surface area contributed by atoms with E-state index in [2.05, 4.69) is 27.8 Å². The Morgan fingerprint density at radius 3 is 2.70 bits per heavy atom. The molecule has 0 bridgehead atoms. The van der Waals surface area contributed by atoms with E-state index in [0.29, 0.717) is 6.54 Å². The Kier molecular flexibility index (Phi) is 4.83. The summed E-state index contributed by atoms with van der Waals surface area (Å²) < 4.78 is 0. The number of carbonyl (C=O) groups excluding carboxylic acids is 3. The van der Waals surface area contributed by atoms with Gasteiger partial charge >= 0.3 is 6.03 Å². The van der Waals surface area contributed by atoms with Crippen LogP contribution in [0, 0.1) is 0 Å². The van der Waals surface area contributed by atoms with Crippen LogP contribution >= 0.6 is 0 Å². The highest BCUT2D eigenvalue weighted by Gasteiger charge is 2.28. The van der Waals surface area contributed by atoms with Crippen molar-refractivity contribution in [2.45, 2.75) is 45.1 Å². The van der Waals surface area contributed by atoms with Gasteiger partial charge in [0.15, 0.2) is 0 Å². The van der Waals surface area contributed by atoms with Gasteiger partial charge in [-0.25, -0.2) is 4.79 Å². The van der Waals surface area contributed by atoms with Gasteiger partial charge in [-0.2, -0.15) is 0 Å². The number of hydrogen-bond donors (Lipinski definition) is 3. The van der Waals surface area contributed by atoms with E-state index in [1.165, 1.54) is 47.2 Å². The molecule has 1 aromatic carbocycles. The number of rotatable bonds is 4. The number of amides is 4. The zero-order valence-corrected chi connectivity index (χ0v) is 15.3. The van der Waals surface area contributed by atoms with E-state index in [4.69, 9.17) is 0 Å². The highest BCUT2D eigenvalue weighted by Crippen LogP contribution is 2.28. The minimum atomic E-state index is -0.512. The second kappa shape index (κ2) is 7.42. The molecule has 2 aliphatic rings. The number of fused-ring (bicyclic) bond motifs is 3. The molecule has 1 saturated heterocycles. The van der Waals surface area contributed by atoms with E-state index in [1.807, 2.05) is 6.07 Å². The number of imide groups is 1. The fraction of sp³-hybridized carbons (Fsp3) is 0.450. The van der Waals surface area contributed by atoms with Gasteiger partial charge in [0.05, 0.1) is 0 Å². The Labute approximate surface area is 157 Å². The minimum absolute atomic E-state index is 0.0618. The molecular formula is C20H24N4O3. The normalized spacial score (nSPS) is 17.4. The lowest BCUT2D eigenvalue weighted by atomic mass is 9.96. The van der Waals surface area contributed by atoms with Crippen molar-refractivity contribution in [1.29, 1.82) is 0 Å². The third-order valence-corrected chi connectivity index (χ3v) is 5.35. The standard InChI is InChI=1S/C20H24N4O3/c25-18(11-24-12-19(26)23-20(24)27)21-10-13-7-8-17-15(9-13)14-5-3-1-2-4-6-16(14)22-17/h7-9,22H,1-6,10-12H2,(H,21,25)(H,23,26,27). The number of benzene rings is 1. The van der Waals surface area contributed by atoms with Gasteiger partial charge in [0.1, 0.15) is 13.1 Å². The average Bonchev–Trinajstić information content (AvgIpc) is 3.11. The van der Waals surface area contributed by atoms with Gasteiger partial charge in [0.25, 0.3) is 0 Å². The first-order valence-electron chi connectivity index (χ1n) is 9.58. The summed E-state index contributed by atoms with van der Waals surface area (Å²) in [5.41, 5.74) is 4.96. The van der Waals surface area contributed by atoms with Gasteiger partial charge in [0, 0.05) is 23.1 Å². The lowest BCUT2D eigenvalue weighted by Crippen LogP contribution is -2.38. The van der Waals surface area contributed by atoms with Gasteiger partial charge in [-0.15, -0.1) is 0 Å². The Morgan fingerprint density at radius 2 is 1.93 bits per heavy atom. The van der Waals surface area contributed by atoms with Gasteiger partial charge in [0.2, 0.25) is 11.8 Å². The molecule has 7 heteroatoms. The summed E-state index contributed by atoms with van der Waals surface area (Å²) in [6.45, 7) is 0.227. The van der Waals surface area contributed by atoms with Gasteiger partial charge in [-0.1, -0.05) is 18.9 Å². The number of nitrogens with zero attached hydrogens (tertiary/aromatic N) is 1. The van der Waals surface area contributed by atoms with Crippen LogP contribution in [0.1, 0.15) is 42.5 Å². The Balaban J connectivity index is 1.43. The maximum Gasteiger partial charge on any atom is 0.325 e. The smallest absolute Gasteiger partial charge is 0.325 e. The van der Waals surface area contributed by atoms with Crippen LogP contribution in [0.25, 0.3) is 10.9 Å². The molecule has 1 aliphatic carbocycles. The van der Waals surface area contributed by atoms with Crippen LogP contribution in [-0.2, 0) is 29.0 Å². The third-order valence-electron chi connectivity index (χ3n) is 5.35. The molecule has 0 radical (unpaired) electrons. The summed E-state index contributed by atoms with van der Waals surface area (Å²) in [5.74, 6) is -0.647. The minimum Gasteiger partial charge on any atom is -0.358 e. The quantitative estimate of drug-likeness (QED) is 0.721. The molecule has 1 aromatic heterocycles. The third kappa shape index (κ3) is 3.82. The van der Waals surface area contributed by atoms with Crippen molar-refractivity contribution in [2.75, 3.05) is 13.1 Å².